The summed E-state index contributed by atoms with van der Waals surface area (Å²) in [6.07, 6.45) is 0. The molecule has 3 aromatic carbocycles. The van der Waals surface area contributed by atoms with Gasteiger partial charge in [0.2, 0.25) is 5.91 Å². The number of halogens is 1. The van der Waals surface area contributed by atoms with Gasteiger partial charge in [-0.3, -0.25) is 4.79 Å². The number of rotatable bonds is 7. The van der Waals surface area contributed by atoms with Crippen LogP contribution in [0.2, 0.25) is 0 Å². The SMILES string of the molecule is Cn1c(SCC(=O)Nc2cccc(Oc3ccccc3)c2)nnc1-c1ccccc1F. The van der Waals surface area contributed by atoms with Gasteiger partial charge in [0, 0.05) is 18.8 Å². The molecule has 0 spiro atoms. The average molecular weight is 434 g/mol. The number of carbonyl (C=O) groups excluding carboxylic acids is 1. The zero-order chi connectivity index (χ0) is 21.6. The molecule has 0 fully saturated rings. The van der Waals surface area contributed by atoms with Crippen LogP contribution in [-0.4, -0.2) is 26.4 Å². The Morgan fingerprint density at radius 2 is 1.74 bits per heavy atom. The molecule has 4 rings (SSSR count). The predicted molar refractivity (Wildman–Crippen MR) is 119 cm³/mol. The van der Waals surface area contributed by atoms with Crippen molar-refractivity contribution in [3.63, 3.8) is 0 Å². The predicted octanol–water partition coefficient (Wildman–Crippen LogP) is 5.14. The van der Waals surface area contributed by atoms with Gasteiger partial charge in [0.15, 0.2) is 11.0 Å². The maximum absolute atomic E-state index is 14.0. The maximum atomic E-state index is 14.0. The second-order valence-electron chi connectivity index (χ2n) is 6.62. The quantitative estimate of drug-likeness (QED) is 0.408. The Bertz CT molecular complexity index is 1200. The van der Waals surface area contributed by atoms with E-state index in [0.717, 1.165) is 5.75 Å². The Kier molecular flexibility index (Phi) is 6.28. The summed E-state index contributed by atoms with van der Waals surface area (Å²) in [5, 5.41) is 11.5. The third-order valence-corrected chi connectivity index (χ3v) is 5.40. The van der Waals surface area contributed by atoms with Crippen LogP contribution in [0.3, 0.4) is 0 Å². The van der Waals surface area contributed by atoms with Gasteiger partial charge >= 0.3 is 0 Å². The average Bonchev–Trinajstić information content (AvgIpc) is 3.14. The molecule has 0 aliphatic carbocycles. The number of para-hydroxylation sites is 1. The molecule has 4 aromatic rings. The van der Waals surface area contributed by atoms with Crippen molar-refractivity contribution >= 4 is 23.4 Å². The Labute approximate surface area is 183 Å². The molecule has 0 bridgehead atoms. The van der Waals surface area contributed by atoms with Crippen LogP contribution >= 0.6 is 11.8 Å². The Morgan fingerprint density at radius 3 is 2.55 bits per heavy atom. The minimum Gasteiger partial charge on any atom is -0.457 e. The number of nitrogens with one attached hydrogen (secondary N) is 1. The van der Waals surface area contributed by atoms with Crippen molar-refractivity contribution in [3.8, 4) is 22.9 Å². The van der Waals surface area contributed by atoms with Crippen LogP contribution < -0.4 is 10.1 Å². The summed E-state index contributed by atoms with van der Waals surface area (Å²) in [4.78, 5) is 12.4. The maximum Gasteiger partial charge on any atom is 0.234 e. The number of hydrogen-bond donors (Lipinski definition) is 1. The lowest BCUT2D eigenvalue weighted by molar-refractivity contribution is -0.113. The fourth-order valence-electron chi connectivity index (χ4n) is 2.91. The summed E-state index contributed by atoms with van der Waals surface area (Å²) in [6, 6.07) is 23.0. The van der Waals surface area contributed by atoms with Crippen LogP contribution in [0.25, 0.3) is 11.4 Å². The van der Waals surface area contributed by atoms with E-state index in [1.54, 1.807) is 41.9 Å². The molecule has 31 heavy (non-hydrogen) atoms. The summed E-state index contributed by atoms with van der Waals surface area (Å²) >= 11 is 1.23. The first-order chi connectivity index (χ1) is 15.1. The number of ether oxygens (including phenoxy) is 1. The molecule has 156 valence electrons. The molecule has 1 N–H and O–H groups in total. The van der Waals surface area contributed by atoms with E-state index in [2.05, 4.69) is 15.5 Å². The number of hydrogen-bond acceptors (Lipinski definition) is 5. The van der Waals surface area contributed by atoms with Gasteiger partial charge in [0.1, 0.15) is 17.3 Å². The molecule has 0 aliphatic heterocycles. The summed E-state index contributed by atoms with van der Waals surface area (Å²) in [5.74, 6) is 1.32. The number of benzene rings is 3. The molecule has 8 heteroatoms. The second kappa shape index (κ2) is 9.44. The van der Waals surface area contributed by atoms with Gasteiger partial charge in [0.25, 0.3) is 0 Å². The highest BCUT2D eigenvalue weighted by molar-refractivity contribution is 7.99. The van der Waals surface area contributed by atoms with E-state index in [-0.39, 0.29) is 17.5 Å². The summed E-state index contributed by atoms with van der Waals surface area (Å²) < 4.78 is 21.5. The Morgan fingerprint density at radius 1 is 1.00 bits per heavy atom. The molecule has 1 aromatic heterocycles. The molecule has 0 atom stereocenters. The van der Waals surface area contributed by atoms with E-state index >= 15 is 0 Å². The lowest BCUT2D eigenvalue weighted by Gasteiger charge is -2.09. The fourth-order valence-corrected chi connectivity index (χ4v) is 3.62. The third kappa shape index (κ3) is 5.10. The van der Waals surface area contributed by atoms with Crippen LogP contribution in [0.5, 0.6) is 11.5 Å². The van der Waals surface area contributed by atoms with Crippen LogP contribution in [0, 0.1) is 5.82 Å². The van der Waals surface area contributed by atoms with Crippen LogP contribution in [0.4, 0.5) is 10.1 Å². The highest BCUT2D eigenvalue weighted by Crippen LogP contribution is 2.26. The number of nitrogens with zero attached hydrogens (tertiary/aromatic N) is 3. The Hall–Kier alpha value is -3.65. The summed E-state index contributed by atoms with van der Waals surface area (Å²) in [6.45, 7) is 0. The second-order valence-corrected chi connectivity index (χ2v) is 7.57. The molecule has 0 saturated heterocycles. The lowest BCUT2D eigenvalue weighted by atomic mass is 10.2. The molecule has 6 nitrogen and oxygen atoms in total. The molecule has 0 saturated carbocycles. The van der Waals surface area contributed by atoms with Crippen LogP contribution in [0.1, 0.15) is 0 Å². The third-order valence-electron chi connectivity index (χ3n) is 4.38. The topological polar surface area (TPSA) is 69.0 Å². The van der Waals surface area contributed by atoms with Crippen molar-refractivity contribution in [2.24, 2.45) is 7.05 Å². The van der Waals surface area contributed by atoms with E-state index in [1.165, 1.54) is 17.8 Å². The number of amides is 1. The molecule has 0 aliphatic rings. The zero-order valence-electron chi connectivity index (χ0n) is 16.7. The van der Waals surface area contributed by atoms with Gasteiger partial charge in [-0.05, 0) is 36.4 Å². The van der Waals surface area contributed by atoms with E-state index in [9.17, 15) is 9.18 Å². The largest absolute Gasteiger partial charge is 0.457 e. The smallest absolute Gasteiger partial charge is 0.234 e. The molecule has 1 amide bonds. The van der Waals surface area contributed by atoms with E-state index in [4.69, 9.17) is 4.74 Å². The molecule has 1 heterocycles. The monoisotopic (exact) mass is 434 g/mol. The van der Waals surface area contributed by atoms with Gasteiger partial charge < -0.3 is 14.6 Å². The number of aromatic nitrogens is 3. The first-order valence-corrected chi connectivity index (χ1v) is 10.5. The van der Waals surface area contributed by atoms with Crippen LogP contribution in [0.15, 0.2) is 84.0 Å². The standard InChI is InChI=1S/C23H19FN4O2S/c1-28-22(19-12-5-6-13-20(19)24)26-27-23(28)31-15-21(29)25-16-8-7-11-18(14-16)30-17-9-3-2-4-10-17/h2-14H,15H2,1H3,(H,25,29). The Balaban J connectivity index is 1.37. The number of anilines is 1. The first kappa shape index (κ1) is 20.6. The zero-order valence-corrected chi connectivity index (χ0v) is 17.5. The molecular formula is C23H19FN4O2S. The van der Waals surface area contributed by atoms with Gasteiger partial charge in [-0.15, -0.1) is 10.2 Å². The van der Waals surface area contributed by atoms with Gasteiger partial charge in [-0.25, -0.2) is 4.39 Å². The highest BCUT2D eigenvalue weighted by Gasteiger charge is 2.15. The van der Waals surface area contributed by atoms with Crippen molar-refractivity contribution in [3.05, 3.63) is 84.7 Å². The van der Waals surface area contributed by atoms with E-state index in [0.29, 0.717) is 28.0 Å². The van der Waals surface area contributed by atoms with Crippen molar-refractivity contribution < 1.29 is 13.9 Å². The highest BCUT2D eigenvalue weighted by atomic mass is 32.2. The summed E-state index contributed by atoms with van der Waals surface area (Å²) in [7, 11) is 1.74. The molecule has 0 unspecified atom stereocenters. The normalized spacial score (nSPS) is 10.6. The number of thioether (sulfide) groups is 1. The number of carbonyl (C=O) groups is 1. The van der Waals surface area contributed by atoms with E-state index < -0.39 is 0 Å². The van der Waals surface area contributed by atoms with Crippen molar-refractivity contribution in [2.75, 3.05) is 11.1 Å². The van der Waals surface area contributed by atoms with Crippen molar-refractivity contribution in [2.45, 2.75) is 5.16 Å². The first-order valence-electron chi connectivity index (χ1n) is 9.50. The van der Waals surface area contributed by atoms with Gasteiger partial charge in [-0.1, -0.05) is 48.2 Å². The minimum absolute atomic E-state index is 0.132. The summed E-state index contributed by atoms with van der Waals surface area (Å²) in [5.41, 5.74) is 0.994. The van der Waals surface area contributed by atoms with Gasteiger partial charge in [-0.2, -0.15) is 0 Å². The molecular weight excluding hydrogens is 415 g/mol. The van der Waals surface area contributed by atoms with Gasteiger partial charge in [0.05, 0.1) is 11.3 Å². The fraction of sp³-hybridized carbons (Fsp3) is 0.0870. The minimum atomic E-state index is -0.370. The molecule has 0 radical (unpaired) electrons. The van der Waals surface area contributed by atoms with Crippen LogP contribution in [-0.2, 0) is 11.8 Å². The lowest BCUT2D eigenvalue weighted by Crippen LogP contribution is -2.14. The van der Waals surface area contributed by atoms with Crippen molar-refractivity contribution in [1.29, 1.82) is 0 Å². The van der Waals surface area contributed by atoms with Crippen molar-refractivity contribution in [1.82, 2.24) is 14.8 Å². The van der Waals surface area contributed by atoms with E-state index in [1.807, 2.05) is 42.5 Å².